The topological polar surface area (TPSA) is 43.3 Å². The lowest BCUT2D eigenvalue weighted by Crippen LogP contribution is -1.91. The number of fused-ring (bicyclic) bond motifs is 1. The van der Waals surface area contributed by atoms with E-state index in [0.29, 0.717) is 0 Å². The lowest BCUT2D eigenvalue weighted by molar-refractivity contribution is 0.580. The van der Waals surface area contributed by atoms with E-state index in [4.69, 9.17) is 4.42 Å². The van der Waals surface area contributed by atoms with Crippen molar-refractivity contribution in [2.75, 3.05) is 0 Å². The molecule has 0 aromatic carbocycles. The Morgan fingerprint density at radius 2 is 2.19 bits per heavy atom. The Labute approximate surface area is 100 Å². The zero-order valence-electron chi connectivity index (χ0n) is 8.51. The van der Waals surface area contributed by atoms with E-state index in [1.54, 1.807) is 6.26 Å². The molecule has 3 heterocycles. The molecule has 3 rings (SSSR count). The molecule has 0 atom stereocenters. The van der Waals surface area contributed by atoms with Gasteiger partial charge in [-0.15, -0.1) is 0 Å². The van der Waals surface area contributed by atoms with Crippen LogP contribution in [-0.2, 0) is 0 Å². The number of halogens is 1. The summed E-state index contributed by atoms with van der Waals surface area (Å²) in [7, 11) is 0. The second kappa shape index (κ2) is 3.45. The fourth-order valence-electron chi connectivity index (χ4n) is 1.67. The van der Waals surface area contributed by atoms with Crippen LogP contribution in [0.4, 0.5) is 0 Å². The van der Waals surface area contributed by atoms with E-state index in [-0.39, 0.29) is 0 Å². The fraction of sp³-hybridized carbons (Fsp3) is 0.0909. The Hall–Kier alpha value is -1.62. The van der Waals surface area contributed by atoms with Crippen LogP contribution >= 0.6 is 15.9 Å². The molecule has 0 aliphatic rings. The summed E-state index contributed by atoms with van der Waals surface area (Å²) in [6, 6.07) is 3.71. The Morgan fingerprint density at radius 1 is 1.31 bits per heavy atom. The second-order valence-electron chi connectivity index (χ2n) is 3.50. The van der Waals surface area contributed by atoms with Crippen molar-refractivity contribution < 1.29 is 4.42 Å². The van der Waals surface area contributed by atoms with Gasteiger partial charge in [-0.05, 0) is 35.0 Å². The van der Waals surface area contributed by atoms with Crippen molar-refractivity contribution in [1.29, 1.82) is 0 Å². The second-order valence-corrected chi connectivity index (χ2v) is 4.32. The molecule has 0 N–H and O–H groups in total. The number of hydrogen-bond donors (Lipinski definition) is 0. The Balaban J connectivity index is 2.38. The molecule has 80 valence electrons. The van der Waals surface area contributed by atoms with Gasteiger partial charge in [-0.1, -0.05) is 0 Å². The maximum Gasteiger partial charge on any atom is 0.167 e. The number of aryl methyl sites for hydroxylation is 1. The van der Waals surface area contributed by atoms with Crippen molar-refractivity contribution in [3.05, 3.63) is 41.1 Å². The highest BCUT2D eigenvalue weighted by atomic mass is 79.9. The van der Waals surface area contributed by atoms with Crippen molar-refractivity contribution in [2.45, 2.75) is 6.92 Å². The van der Waals surface area contributed by atoms with Crippen molar-refractivity contribution in [1.82, 2.24) is 14.4 Å². The van der Waals surface area contributed by atoms with Crippen LogP contribution in [0.2, 0.25) is 0 Å². The standard InChI is InChI=1S/C11H8BrN3O/c1-7-5-15-6-9(12)14-10(11(15)13-7)8-3-2-4-16-8/h2-6H,1H3. The Kier molecular flexibility index (Phi) is 2.07. The third-order valence-electron chi connectivity index (χ3n) is 2.28. The molecule has 0 saturated heterocycles. The van der Waals surface area contributed by atoms with E-state index in [1.807, 2.05) is 35.9 Å². The summed E-state index contributed by atoms with van der Waals surface area (Å²) in [5.41, 5.74) is 2.50. The molecule has 5 heteroatoms. The zero-order chi connectivity index (χ0) is 11.1. The summed E-state index contributed by atoms with van der Waals surface area (Å²) < 4.78 is 8.04. The maximum absolute atomic E-state index is 5.36. The summed E-state index contributed by atoms with van der Waals surface area (Å²) in [5.74, 6) is 0.719. The summed E-state index contributed by atoms with van der Waals surface area (Å²) in [6.07, 6.45) is 5.46. The van der Waals surface area contributed by atoms with Crippen LogP contribution in [-0.4, -0.2) is 14.4 Å². The molecule has 0 spiro atoms. The zero-order valence-corrected chi connectivity index (χ0v) is 10.1. The SMILES string of the molecule is Cc1cn2cc(Br)nc(-c3ccco3)c2n1. The average Bonchev–Trinajstić information content (AvgIpc) is 2.83. The van der Waals surface area contributed by atoms with Crippen molar-refractivity contribution in [3.8, 4) is 11.5 Å². The number of aromatic nitrogens is 3. The molecule has 4 nitrogen and oxygen atoms in total. The molecule has 0 radical (unpaired) electrons. The fourth-order valence-corrected chi connectivity index (χ4v) is 2.07. The summed E-state index contributed by atoms with van der Waals surface area (Å²) in [6.45, 7) is 1.95. The maximum atomic E-state index is 5.36. The van der Waals surface area contributed by atoms with Gasteiger partial charge in [0.05, 0.1) is 12.0 Å². The van der Waals surface area contributed by atoms with Crippen LogP contribution in [0.1, 0.15) is 5.69 Å². The van der Waals surface area contributed by atoms with E-state index < -0.39 is 0 Å². The van der Waals surface area contributed by atoms with Gasteiger partial charge in [0.15, 0.2) is 17.1 Å². The number of hydrogen-bond acceptors (Lipinski definition) is 3. The van der Waals surface area contributed by atoms with Crippen LogP contribution < -0.4 is 0 Å². The van der Waals surface area contributed by atoms with Gasteiger partial charge < -0.3 is 8.82 Å². The van der Waals surface area contributed by atoms with Crippen LogP contribution in [0.5, 0.6) is 0 Å². The minimum atomic E-state index is 0.719. The first kappa shape index (κ1) is 9.59. The van der Waals surface area contributed by atoms with Gasteiger partial charge in [-0.2, -0.15) is 0 Å². The van der Waals surface area contributed by atoms with Gasteiger partial charge in [-0.25, -0.2) is 9.97 Å². The number of rotatable bonds is 1. The van der Waals surface area contributed by atoms with Gasteiger partial charge >= 0.3 is 0 Å². The van der Waals surface area contributed by atoms with E-state index in [1.165, 1.54) is 0 Å². The molecular formula is C11H8BrN3O. The predicted octanol–water partition coefficient (Wildman–Crippen LogP) is 3.06. The predicted molar refractivity (Wildman–Crippen MR) is 63.1 cm³/mol. The van der Waals surface area contributed by atoms with Crippen molar-refractivity contribution in [3.63, 3.8) is 0 Å². The first-order valence-electron chi connectivity index (χ1n) is 4.80. The molecular weight excluding hydrogens is 270 g/mol. The molecule has 16 heavy (non-hydrogen) atoms. The lowest BCUT2D eigenvalue weighted by Gasteiger charge is -2.00. The first-order valence-corrected chi connectivity index (χ1v) is 5.59. The Bertz CT molecular complexity index is 643. The van der Waals surface area contributed by atoms with E-state index >= 15 is 0 Å². The highest BCUT2D eigenvalue weighted by molar-refractivity contribution is 9.10. The van der Waals surface area contributed by atoms with Crippen LogP contribution in [0.25, 0.3) is 17.1 Å². The average molecular weight is 278 g/mol. The minimum absolute atomic E-state index is 0.719. The normalized spacial score (nSPS) is 11.1. The smallest absolute Gasteiger partial charge is 0.167 e. The molecule has 3 aromatic rings. The molecule has 0 saturated carbocycles. The van der Waals surface area contributed by atoms with E-state index in [2.05, 4.69) is 25.9 Å². The number of imidazole rings is 1. The number of furan rings is 1. The molecule has 0 amide bonds. The van der Waals surface area contributed by atoms with Crippen molar-refractivity contribution >= 4 is 21.6 Å². The molecule has 3 aromatic heterocycles. The third-order valence-corrected chi connectivity index (χ3v) is 2.67. The van der Waals surface area contributed by atoms with Gasteiger partial charge in [0.2, 0.25) is 0 Å². The summed E-state index contributed by atoms with van der Waals surface area (Å²) in [4.78, 5) is 8.83. The van der Waals surface area contributed by atoms with E-state index in [9.17, 15) is 0 Å². The minimum Gasteiger partial charge on any atom is -0.463 e. The first-order chi connectivity index (χ1) is 7.74. The van der Waals surface area contributed by atoms with Crippen molar-refractivity contribution in [2.24, 2.45) is 0 Å². The third kappa shape index (κ3) is 1.44. The van der Waals surface area contributed by atoms with Gasteiger partial charge in [0, 0.05) is 12.4 Å². The monoisotopic (exact) mass is 277 g/mol. The Morgan fingerprint density at radius 3 is 2.94 bits per heavy atom. The number of nitrogens with zero attached hydrogens (tertiary/aromatic N) is 3. The summed E-state index contributed by atoms with van der Waals surface area (Å²) in [5, 5.41) is 0. The summed E-state index contributed by atoms with van der Waals surface area (Å²) >= 11 is 3.38. The van der Waals surface area contributed by atoms with Crippen LogP contribution in [0.15, 0.2) is 39.8 Å². The quantitative estimate of drug-likeness (QED) is 0.687. The van der Waals surface area contributed by atoms with Crippen LogP contribution in [0.3, 0.4) is 0 Å². The van der Waals surface area contributed by atoms with Gasteiger partial charge in [-0.3, -0.25) is 0 Å². The van der Waals surface area contributed by atoms with Crippen LogP contribution in [0, 0.1) is 6.92 Å². The largest absolute Gasteiger partial charge is 0.463 e. The van der Waals surface area contributed by atoms with E-state index in [0.717, 1.165) is 27.4 Å². The molecule has 0 aliphatic carbocycles. The lowest BCUT2D eigenvalue weighted by atomic mass is 10.3. The van der Waals surface area contributed by atoms with Gasteiger partial charge in [0.25, 0.3) is 0 Å². The molecule has 0 aliphatic heterocycles. The van der Waals surface area contributed by atoms with Gasteiger partial charge in [0.1, 0.15) is 4.60 Å². The highest BCUT2D eigenvalue weighted by Crippen LogP contribution is 2.24. The molecule has 0 unspecified atom stereocenters. The molecule has 0 bridgehead atoms. The highest BCUT2D eigenvalue weighted by Gasteiger charge is 2.12. The molecule has 0 fully saturated rings.